The van der Waals surface area contributed by atoms with Crippen molar-refractivity contribution in [1.29, 1.82) is 0 Å². The van der Waals surface area contributed by atoms with E-state index in [4.69, 9.17) is 0 Å². The number of thioether (sulfide) groups is 1. The molecule has 6 nitrogen and oxygen atoms in total. The lowest BCUT2D eigenvalue weighted by molar-refractivity contribution is -0.114. The molecule has 78 valence electrons. The van der Waals surface area contributed by atoms with E-state index < -0.39 is 0 Å². The average molecular weight is 224 g/mol. The van der Waals surface area contributed by atoms with E-state index >= 15 is 0 Å². The minimum atomic E-state index is -0.250. The van der Waals surface area contributed by atoms with Gasteiger partial charge in [-0.15, -0.1) is 0 Å². The van der Waals surface area contributed by atoms with Crippen LogP contribution >= 0.6 is 11.8 Å². The molecule has 2 rings (SSSR count). The van der Waals surface area contributed by atoms with E-state index in [1.807, 2.05) is 0 Å². The highest BCUT2D eigenvalue weighted by Gasteiger charge is 2.06. The molecule has 0 radical (unpaired) electrons. The number of fused-ring (bicyclic) bond motifs is 1. The summed E-state index contributed by atoms with van der Waals surface area (Å²) in [6.07, 6.45) is 1.42. The highest BCUT2D eigenvalue weighted by molar-refractivity contribution is 7.99. The second-order valence-corrected chi connectivity index (χ2v) is 3.96. The Kier molecular flexibility index (Phi) is 2.55. The van der Waals surface area contributed by atoms with Gasteiger partial charge in [0, 0.05) is 0 Å². The molecule has 0 fully saturated rings. The Morgan fingerprint density at radius 1 is 1.60 bits per heavy atom. The molecule has 0 aliphatic carbocycles. The van der Waals surface area contributed by atoms with Crippen LogP contribution in [0.3, 0.4) is 0 Å². The van der Waals surface area contributed by atoms with Gasteiger partial charge in [-0.25, -0.2) is 4.98 Å². The molecule has 0 spiro atoms. The average Bonchev–Trinajstić information content (AvgIpc) is 2.63. The van der Waals surface area contributed by atoms with E-state index in [0.29, 0.717) is 21.9 Å². The Hall–Kier alpha value is -1.63. The number of ketones is 1. The summed E-state index contributed by atoms with van der Waals surface area (Å²) < 4.78 is 0. The molecule has 0 bridgehead atoms. The van der Waals surface area contributed by atoms with Crippen LogP contribution in [0.25, 0.3) is 11.0 Å². The van der Waals surface area contributed by atoms with Crippen LogP contribution in [0.2, 0.25) is 0 Å². The molecule has 2 heterocycles. The molecule has 7 heteroatoms. The molecule has 0 aliphatic heterocycles. The van der Waals surface area contributed by atoms with Gasteiger partial charge in [-0.05, 0) is 6.92 Å². The molecule has 15 heavy (non-hydrogen) atoms. The van der Waals surface area contributed by atoms with Gasteiger partial charge >= 0.3 is 0 Å². The Morgan fingerprint density at radius 2 is 2.40 bits per heavy atom. The Bertz CT molecular complexity index is 559. The normalized spacial score (nSPS) is 10.7. The second kappa shape index (κ2) is 3.85. The fourth-order valence-electron chi connectivity index (χ4n) is 1.06. The number of H-pyrrole nitrogens is 2. The van der Waals surface area contributed by atoms with Crippen molar-refractivity contribution in [3.05, 3.63) is 16.6 Å². The van der Waals surface area contributed by atoms with Gasteiger partial charge in [0.25, 0.3) is 5.56 Å². The maximum Gasteiger partial charge on any atom is 0.262 e. The SMILES string of the molecule is CC(=O)CSc1nc2[nH]ncc2c(=O)[nH]1. The molecule has 0 saturated heterocycles. The van der Waals surface area contributed by atoms with Crippen molar-refractivity contribution in [2.45, 2.75) is 12.1 Å². The molecule has 0 aliphatic rings. The third kappa shape index (κ3) is 2.07. The lowest BCUT2D eigenvalue weighted by Crippen LogP contribution is -2.08. The predicted molar refractivity (Wildman–Crippen MR) is 55.9 cm³/mol. The van der Waals surface area contributed by atoms with Gasteiger partial charge in [0.2, 0.25) is 0 Å². The van der Waals surface area contributed by atoms with E-state index in [0.717, 1.165) is 0 Å². The van der Waals surface area contributed by atoms with Gasteiger partial charge in [0.1, 0.15) is 11.2 Å². The Labute approximate surface area is 88.5 Å². The lowest BCUT2D eigenvalue weighted by atomic mass is 10.4. The Morgan fingerprint density at radius 3 is 3.13 bits per heavy atom. The number of hydrogen-bond donors (Lipinski definition) is 2. The molecule has 2 N–H and O–H groups in total. The van der Waals surface area contributed by atoms with E-state index in [9.17, 15) is 9.59 Å². The summed E-state index contributed by atoms with van der Waals surface area (Å²) in [6, 6.07) is 0. The zero-order valence-electron chi connectivity index (χ0n) is 7.90. The van der Waals surface area contributed by atoms with Gasteiger partial charge in [0.05, 0.1) is 11.9 Å². The van der Waals surface area contributed by atoms with Crippen molar-refractivity contribution in [3.8, 4) is 0 Å². The number of aromatic amines is 2. The van der Waals surface area contributed by atoms with Crippen molar-refractivity contribution in [2.75, 3.05) is 5.75 Å². The quantitative estimate of drug-likeness (QED) is 0.579. The molecule has 2 aromatic heterocycles. The maximum atomic E-state index is 11.5. The van der Waals surface area contributed by atoms with Crippen molar-refractivity contribution < 1.29 is 4.79 Å². The number of nitrogens with zero attached hydrogens (tertiary/aromatic N) is 2. The van der Waals surface area contributed by atoms with Crippen LogP contribution in [0.5, 0.6) is 0 Å². The first kappa shape index (κ1) is 9.91. The summed E-state index contributed by atoms with van der Waals surface area (Å²) in [5, 5.41) is 7.17. The van der Waals surface area contributed by atoms with Crippen molar-refractivity contribution in [2.24, 2.45) is 0 Å². The lowest BCUT2D eigenvalue weighted by Gasteiger charge is -1.97. The number of hydrogen-bond acceptors (Lipinski definition) is 5. The fourth-order valence-corrected chi connectivity index (χ4v) is 1.72. The van der Waals surface area contributed by atoms with Gasteiger partial charge < -0.3 is 4.98 Å². The zero-order chi connectivity index (χ0) is 10.8. The first-order valence-corrected chi connectivity index (χ1v) is 5.21. The van der Waals surface area contributed by atoms with E-state index in [-0.39, 0.29) is 11.3 Å². The maximum absolute atomic E-state index is 11.5. The largest absolute Gasteiger partial charge is 0.301 e. The first-order valence-electron chi connectivity index (χ1n) is 4.22. The fraction of sp³-hybridized carbons (Fsp3) is 0.250. The van der Waals surface area contributed by atoms with Crippen molar-refractivity contribution in [1.82, 2.24) is 20.2 Å². The van der Waals surface area contributed by atoms with Crippen LogP contribution in [0.15, 0.2) is 16.1 Å². The minimum absolute atomic E-state index is 0.0346. The third-order valence-electron chi connectivity index (χ3n) is 1.71. The number of aromatic nitrogens is 4. The molecule has 0 amide bonds. The smallest absolute Gasteiger partial charge is 0.262 e. The van der Waals surface area contributed by atoms with Crippen LogP contribution in [0, 0.1) is 0 Å². The summed E-state index contributed by atoms with van der Waals surface area (Å²) in [4.78, 5) is 28.9. The van der Waals surface area contributed by atoms with E-state index in [1.54, 1.807) is 0 Å². The topological polar surface area (TPSA) is 91.5 Å². The van der Waals surface area contributed by atoms with Crippen molar-refractivity contribution in [3.63, 3.8) is 0 Å². The standard InChI is InChI=1S/C8H8N4O2S/c1-4(13)3-15-8-10-6-5(2-9-12-6)7(14)11-8/h2H,3H2,1H3,(H2,9,10,11,12,14). The summed E-state index contributed by atoms with van der Waals surface area (Å²) in [5.41, 5.74) is 0.185. The number of carbonyl (C=O) groups is 1. The molecule has 0 unspecified atom stereocenters. The molecule has 2 aromatic rings. The summed E-state index contributed by atoms with van der Waals surface area (Å²) >= 11 is 1.20. The van der Waals surface area contributed by atoms with E-state index in [2.05, 4.69) is 20.2 Å². The molecule has 0 atom stereocenters. The molecule has 0 aromatic carbocycles. The van der Waals surface area contributed by atoms with Crippen molar-refractivity contribution >= 4 is 28.6 Å². The number of Topliss-reactive ketones (excluding diaryl/α,β-unsaturated/α-hetero) is 1. The number of nitrogens with one attached hydrogen (secondary N) is 2. The second-order valence-electron chi connectivity index (χ2n) is 2.99. The minimum Gasteiger partial charge on any atom is -0.301 e. The van der Waals surface area contributed by atoms with Gasteiger partial charge in [-0.1, -0.05) is 11.8 Å². The number of rotatable bonds is 3. The van der Waals surface area contributed by atoms with E-state index in [1.165, 1.54) is 24.9 Å². The summed E-state index contributed by atoms with van der Waals surface area (Å²) in [5.74, 6) is 0.329. The molecular formula is C8H8N4O2S. The van der Waals surface area contributed by atoms with Gasteiger partial charge in [0.15, 0.2) is 10.8 Å². The highest BCUT2D eigenvalue weighted by atomic mass is 32.2. The molecule has 0 saturated carbocycles. The van der Waals surface area contributed by atoms with Gasteiger partial charge in [-0.2, -0.15) is 5.10 Å². The zero-order valence-corrected chi connectivity index (χ0v) is 8.72. The van der Waals surface area contributed by atoms with Crippen LogP contribution in [0.4, 0.5) is 0 Å². The van der Waals surface area contributed by atoms with Crippen LogP contribution in [-0.2, 0) is 4.79 Å². The van der Waals surface area contributed by atoms with Crippen LogP contribution in [0.1, 0.15) is 6.92 Å². The van der Waals surface area contributed by atoms with Crippen LogP contribution in [-0.4, -0.2) is 31.7 Å². The van der Waals surface area contributed by atoms with Gasteiger partial charge in [-0.3, -0.25) is 14.7 Å². The first-order chi connectivity index (χ1) is 7.16. The summed E-state index contributed by atoms with van der Waals surface area (Å²) in [7, 11) is 0. The highest BCUT2D eigenvalue weighted by Crippen LogP contribution is 2.12. The number of carbonyl (C=O) groups excluding carboxylic acids is 1. The monoisotopic (exact) mass is 224 g/mol. The molecular weight excluding hydrogens is 216 g/mol. The summed E-state index contributed by atoms with van der Waals surface area (Å²) in [6.45, 7) is 1.49. The Balaban J connectivity index is 2.36. The third-order valence-corrected chi connectivity index (χ3v) is 2.73. The predicted octanol–water partition coefficient (Wildman–Crippen LogP) is 0.327. The van der Waals surface area contributed by atoms with Crippen LogP contribution < -0.4 is 5.56 Å².